The summed E-state index contributed by atoms with van der Waals surface area (Å²) in [5.41, 5.74) is 10.7. The van der Waals surface area contributed by atoms with Crippen molar-refractivity contribution in [3.8, 4) is 0 Å². The lowest BCUT2D eigenvalue weighted by molar-refractivity contribution is -0.119. The minimum atomic E-state index is -0.547. The quantitative estimate of drug-likeness (QED) is 0.595. The van der Waals surface area contributed by atoms with Crippen molar-refractivity contribution in [1.29, 1.82) is 0 Å². The van der Waals surface area contributed by atoms with E-state index in [1.807, 2.05) is 7.05 Å². The van der Waals surface area contributed by atoms with Crippen LogP contribution in [0.4, 0.5) is 0 Å². The fraction of sp³-hybridized carbons (Fsp3) is 0.900. The van der Waals surface area contributed by atoms with Crippen molar-refractivity contribution in [2.24, 2.45) is 17.4 Å². The van der Waals surface area contributed by atoms with Crippen molar-refractivity contribution in [3.63, 3.8) is 0 Å². The van der Waals surface area contributed by atoms with E-state index in [0.29, 0.717) is 12.5 Å². The Labute approximate surface area is 91.4 Å². The van der Waals surface area contributed by atoms with Gasteiger partial charge in [-0.2, -0.15) is 0 Å². The van der Waals surface area contributed by atoms with Gasteiger partial charge in [-0.15, -0.1) is 0 Å². The first kappa shape index (κ1) is 12.4. The number of nitrogens with zero attached hydrogens (tertiary/aromatic N) is 2. The number of amides is 1. The second-order valence-electron chi connectivity index (χ2n) is 4.65. The van der Waals surface area contributed by atoms with E-state index >= 15 is 0 Å². The Bertz CT molecular complexity index is 221. The first-order valence-electron chi connectivity index (χ1n) is 5.41. The Balaban J connectivity index is 2.23. The van der Waals surface area contributed by atoms with Crippen LogP contribution in [0.1, 0.15) is 6.42 Å². The van der Waals surface area contributed by atoms with Crippen LogP contribution in [-0.4, -0.2) is 62.0 Å². The molecule has 0 aromatic rings. The van der Waals surface area contributed by atoms with Crippen LogP contribution in [0.25, 0.3) is 0 Å². The standard InChI is InChI=1S/C10H22N4O/c1-13-4-3-8(5-13)6-14(2)7-9(11)10(12)15/h8-9H,3-7,11H2,1-2H3,(H2,12,15). The molecule has 1 heterocycles. The van der Waals surface area contributed by atoms with E-state index in [-0.39, 0.29) is 0 Å². The molecule has 0 radical (unpaired) electrons. The smallest absolute Gasteiger partial charge is 0.235 e. The molecular formula is C10H22N4O. The topological polar surface area (TPSA) is 75.6 Å². The molecule has 5 nitrogen and oxygen atoms in total. The van der Waals surface area contributed by atoms with Crippen LogP contribution >= 0.6 is 0 Å². The highest BCUT2D eigenvalue weighted by molar-refractivity contribution is 5.79. The summed E-state index contributed by atoms with van der Waals surface area (Å²) in [6, 6.07) is -0.547. The van der Waals surface area contributed by atoms with Crippen LogP contribution in [0.15, 0.2) is 0 Å². The van der Waals surface area contributed by atoms with Gasteiger partial charge in [0.15, 0.2) is 0 Å². The van der Waals surface area contributed by atoms with Gasteiger partial charge in [0.1, 0.15) is 0 Å². The molecular weight excluding hydrogens is 192 g/mol. The molecule has 2 unspecified atom stereocenters. The first-order valence-corrected chi connectivity index (χ1v) is 5.41. The average Bonchev–Trinajstić information content (AvgIpc) is 2.50. The first-order chi connectivity index (χ1) is 6.99. The number of likely N-dealkylation sites (N-methyl/N-ethyl adjacent to an activating group) is 1. The van der Waals surface area contributed by atoms with E-state index in [0.717, 1.165) is 13.1 Å². The number of hydrogen-bond donors (Lipinski definition) is 2. The fourth-order valence-corrected chi connectivity index (χ4v) is 2.12. The molecule has 0 aromatic heterocycles. The summed E-state index contributed by atoms with van der Waals surface area (Å²) in [5.74, 6) is 0.269. The van der Waals surface area contributed by atoms with E-state index < -0.39 is 11.9 Å². The highest BCUT2D eigenvalue weighted by Gasteiger charge is 2.21. The maximum atomic E-state index is 10.8. The molecule has 1 aliphatic rings. The van der Waals surface area contributed by atoms with Gasteiger partial charge in [-0.3, -0.25) is 4.79 Å². The molecule has 0 bridgehead atoms. The molecule has 2 atom stereocenters. The van der Waals surface area contributed by atoms with E-state index in [9.17, 15) is 4.79 Å². The molecule has 1 aliphatic heterocycles. The number of carbonyl (C=O) groups is 1. The average molecular weight is 214 g/mol. The van der Waals surface area contributed by atoms with Crippen molar-refractivity contribution in [2.75, 3.05) is 40.3 Å². The number of primary amides is 1. The number of likely N-dealkylation sites (tertiary alicyclic amines) is 1. The number of carbonyl (C=O) groups excluding carboxylic acids is 1. The van der Waals surface area contributed by atoms with Crippen molar-refractivity contribution >= 4 is 5.91 Å². The van der Waals surface area contributed by atoms with E-state index in [2.05, 4.69) is 16.8 Å². The lowest BCUT2D eigenvalue weighted by atomic mass is 10.1. The Morgan fingerprint density at radius 2 is 2.33 bits per heavy atom. The Morgan fingerprint density at radius 3 is 2.80 bits per heavy atom. The predicted molar refractivity (Wildman–Crippen MR) is 60.3 cm³/mol. The van der Waals surface area contributed by atoms with Crippen LogP contribution in [0.2, 0.25) is 0 Å². The molecule has 15 heavy (non-hydrogen) atoms. The lowest BCUT2D eigenvalue weighted by Gasteiger charge is -2.22. The molecule has 0 aliphatic carbocycles. The molecule has 4 N–H and O–H groups in total. The molecule has 1 rings (SSSR count). The zero-order valence-corrected chi connectivity index (χ0v) is 9.65. The summed E-state index contributed by atoms with van der Waals surface area (Å²) >= 11 is 0. The lowest BCUT2D eigenvalue weighted by Crippen LogP contribution is -2.46. The zero-order chi connectivity index (χ0) is 11.4. The SMILES string of the molecule is CN1CCC(CN(C)CC(N)C(N)=O)C1. The molecule has 1 fully saturated rings. The molecule has 0 spiro atoms. The number of nitrogens with two attached hydrogens (primary N) is 2. The summed E-state index contributed by atoms with van der Waals surface area (Å²) in [6.45, 7) is 3.84. The molecule has 0 aromatic carbocycles. The zero-order valence-electron chi connectivity index (χ0n) is 9.65. The summed E-state index contributed by atoms with van der Waals surface area (Å²) < 4.78 is 0. The van der Waals surface area contributed by atoms with Crippen molar-refractivity contribution in [2.45, 2.75) is 12.5 Å². The highest BCUT2D eigenvalue weighted by Crippen LogP contribution is 2.14. The summed E-state index contributed by atoms with van der Waals surface area (Å²) in [6.07, 6.45) is 1.23. The Morgan fingerprint density at radius 1 is 1.67 bits per heavy atom. The van der Waals surface area contributed by atoms with Gasteiger partial charge in [-0.25, -0.2) is 0 Å². The number of hydrogen-bond acceptors (Lipinski definition) is 4. The Kier molecular flexibility index (Phi) is 4.50. The largest absolute Gasteiger partial charge is 0.368 e. The maximum Gasteiger partial charge on any atom is 0.235 e. The van der Waals surface area contributed by atoms with Crippen molar-refractivity contribution in [1.82, 2.24) is 9.80 Å². The van der Waals surface area contributed by atoms with Crippen molar-refractivity contribution < 1.29 is 4.79 Å². The van der Waals surface area contributed by atoms with E-state index in [1.54, 1.807) is 0 Å². The van der Waals surface area contributed by atoms with Gasteiger partial charge >= 0.3 is 0 Å². The third-order valence-corrected chi connectivity index (χ3v) is 2.93. The normalized spacial score (nSPS) is 24.7. The van der Waals surface area contributed by atoms with Crippen LogP contribution in [-0.2, 0) is 4.79 Å². The third-order valence-electron chi connectivity index (χ3n) is 2.93. The fourth-order valence-electron chi connectivity index (χ4n) is 2.12. The monoisotopic (exact) mass is 214 g/mol. The van der Waals surface area contributed by atoms with Crippen LogP contribution in [0.5, 0.6) is 0 Å². The van der Waals surface area contributed by atoms with Gasteiger partial charge < -0.3 is 21.3 Å². The van der Waals surface area contributed by atoms with Crippen molar-refractivity contribution in [3.05, 3.63) is 0 Å². The van der Waals surface area contributed by atoms with E-state index in [4.69, 9.17) is 11.5 Å². The number of rotatable bonds is 5. The highest BCUT2D eigenvalue weighted by atomic mass is 16.1. The second-order valence-corrected chi connectivity index (χ2v) is 4.65. The molecule has 1 amide bonds. The molecule has 0 saturated carbocycles. The summed E-state index contributed by atoms with van der Waals surface area (Å²) in [7, 11) is 4.12. The molecule has 88 valence electrons. The maximum absolute atomic E-state index is 10.8. The van der Waals surface area contributed by atoms with Gasteiger partial charge in [-0.1, -0.05) is 0 Å². The third kappa shape index (κ3) is 4.15. The molecule has 5 heteroatoms. The van der Waals surface area contributed by atoms with Gasteiger partial charge in [0.05, 0.1) is 6.04 Å². The minimum absolute atomic E-state index is 0.426. The van der Waals surface area contributed by atoms with Gasteiger partial charge in [0.2, 0.25) is 5.91 Å². The van der Waals surface area contributed by atoms with Gasteiger partial charge in [0, 0.05) is 19.6 Å². The van der Waals surface area contributed by atoms with Crippen LogP contribution < -0.4 is 11.5 Å². The van der Waals surface area contributed by atoms with Gasteiger partial charge in [0.25, 0.3) is 0 Å². The second kappa shape index (κ2) is 5.44. The molecule has 1 saturated heterocycles. The van der Waals surface area contributed by atoms with Crippen LogP contribution in [0.3, 0.4) is 0 Å². The summed E-state index contributed by atoms with van der Waals surface area (Å²) in [4.78, 5) is 15.2. The predicted octanol–water partition coefficient (Wildman–Crippen LogP) is -1.32. The van der Waals surface area contributed by atoms with E-state index in [1.165, 1.54) is 13.0 Å². The van der Waals surface area contributed by atoms with Gasteiger partial charge in [-0.05, 0) is 33.0 Å². The summed E-state index contributed by atoms with van der Waals surface area (Å²) in [5, 5.41) is 0. The minimum Gasteiger partial charge on any atom is -0.368 e. The Hall–Kier alpha value is -0.650. The van der Waals surface area contributed by atoms with Crippen LogP contribution in [0, 0.1) is 5.92 Å².